The lowest BCUT2D eigenvalue weighted by atomic mass is 10.3. The van der Waals surface area contributed by atoms with E-state index in [2.05, 4.69) is 11.6 Å². The Morgan fingerprint density at radius 1 is 1.56 bits per heavy atom. The number of fused-ring (bicyclic) bond motifs is 1. The first-order valence-corrected chi connectivity index (χ1v) is 7.00. The standard InChI is InChI=1S/C11H11NO2S2/c1-3-6-15-16-11-12-9-7-8(13-2)4-5-10(9)14-11/h3-5,7H,1,6H2,2H3. The maximum Gasteiger partial charge on any atom is 0.267 e. The summed E-state index contributed by atoms with van der Waals surface area (Å²) in [7, 11) is 4.79. The molecule has 2 aromatic rings. The van der Waals surface area contributed by atoms with Gasteiger partial charge in [0.15, 0.2) is 5.58 Å². The average Bonchev–Trinajstić information content (AvgIpc) is 2.70. The zero-order valence-corrected chi connectivity index (χ0v) is 10.4. The molecule has 0 radical (unpaired) electrons. The number of methoxy groups -OCH3 is 1. The highest BCUT2D eigenvalue weighted by Crippen LogP contribution is 2.33. The van der Waals surface area contributed by atoms with Crippen molar-refractivity contribution in [3.8, 4) is 5.75 Å². The number of rotatable bonds is 5. The zero-order valence-electron chi connectivity index (χ0n) is 8.80. The van der Waals surface area contributed by atoms with E-state index >= 15 is 0 Å². The molecule has 3 nitrogen and oxygen atoms in total. The smallest absolute Gasteiger partial charge is 0.267 e. The Kier molecular flexibility index (Phi) is 3.79. The van der Waals surface area contributed by atoms with Crippen LogP contribution in [-0.2, 0) is 0 Å². The summed E-state index contributed by atoms with van der Waals surface area (Å²) in [6, 6.07) is 5.59. The van der Waals surface area contributed by atoms with E-state index in [4.69, 9.17) is 9.15 Å². The van der Waals surface area contributed by atoms with Gasteiger partial charge < -0.3 is 9.15 Å². The summed E-state index contributed by atoms with van der Waals surface area (Å²) < 4.78 is 10.7. The lowest BCUT2D eigenvalue weighted by molar-refractivity contribution is 0.415. The van der Waals surface area contributed by atoms with E-state index in [0.717, 1.165) is 22.6 Å². The first kappa shape index (κ1) is 11.4. The van der Waals surface area contributed by atoms with E-state index in [1.807, 2.05) is 24.3 Å². The molecule has 0 spiro atoms. The van der Waals surface area contributed by atoms with Gasteiger partial charge in [-0.15, -0.1) is 6.58 Å². The molecule has 2 rings (SSSR count). The predicted molar refractivity (Wildman–Crippen MR) is 69.1 cm³/mol. The Labute approximate surface area is 102 Å². The summed E-state index contributed by atoms with van der Waals surface area (Å²) in [5.41, 5.74) is 1.60. The summed E-state index contributed by atoms with van der Waals surface area (Å²) in [6.45, 7) is 3.66. The maximum atomic E-state index is 5.56. The summed E-state index contributed by atoms with van der Waals surface area (Å²) in [5, 5.41) is 0.662. The van der Waals surface area contributed by atoms with Crippen LogP contribution in [0.2, 0.25) is 0 Å². The summed E-state index contributed by atoms with van der Waals surface area (Å²) in [6.07, 6.45) is 1.85. The molecule has 0 aliphatic heterocycles. The molecule has 0 saturated carbocycles. The second-order valence-electron chi connectivity index (χ2n) is 2.97. The number of aromatic nitrogens is 1. The Morgan fingerprint density at radius 3 is 3.19 bits per heavy atom. The predicted octanol–water partition coefficient (Wildman–Crippen LogP) is 3.76. The van der Waals surface area contributed by atoms with Crippen LogP contribution in [0.3, 0.4) is 0 Å². The fourth-order valence-corrected chi connectivity index (χ4v) is 2.71. The highest BCUT2D eigenvalue weighted by atomic mass is 33.1. The van der Waals surface area contributed by atoms with E-state index < -0.39 is 0 Å². The summed E-state index contributed by atoms with van der Waals surface area (Å²) in [5.74, 6) is 1.66. The van der Waals surface area contributed by atoms with E-state index in [-0.39, 0.29) is 0 Å². The largest absolute Gasteiger partial charge is 0.497 e. The Balaban J connectivity index is 2.19. The van der Waals surface area contributed by atoms with Gasteiger partial charge in [0.25, 0.3) is 5.22 Å². The lowest BCUT2D eigenvalue weighted by Gasteiger charge is -1.95. The van der Waals surface area contributed by atoms with Gasteiger partial charge in [0.2, 0.25) is 0 Å². The molecule has 1 heterocycles. The molecule has 0 saturated heterocycles. The average molecular weight is 253 g/mol. The molecule has 0 atom stereocenters. The molecule has 0 aliphatic carbocycles. The van der Waals surface area contributed by atoms with Gasteiger partial charge in [0.1, 0.15) is 11.3 Å². The van der Waals surface area contributed by atoms with E-state index in [1.54, 1.807) is 17.9 Å². The van der Waals surface area contributed by atoms with Crippen molar-refractivity contribution < 1.29 is 9.15 Å². The zero-order chi connectivity index (χ0) is 11.4. The normalized spacial score (nSPS) is 10.6. The van der Waals surface area contributed by atoms with Crippen LogP contribution in [0.25, 0.3) is 11.1 Å². The first-order valence-electron chi connectivity index (χ1n) is 4.68. The van der Waals surface area contributed by atoms with Crippen LogP contribution >= 0.6 is 21.6 Å². The number of hydrogen-bond acceptors (Lipinski definition) is 5. The molecule has 0 aliphatic rings. The van der Waals surface area contributed by atoms with Crippen molar-refractivity contribution in [2.45, 2.75) is 5.22 Å². The van der Waals surface area contributed by atoms with Gasteiger partial charge in [-0.25, -0.2) is 4.98 Å². The topological polar surface area (TPSA) is 35.3 Å². The second kappa shape index (κ2) is 5.32. The molecule has 0 bridgehead atoms. The van der Waals surface area contributed by atoms with Gasteiger partial charge in [0, 0.05) is 22.6 Å². The van der Waals surface area contributed by atoms with Crippen LogP contribution in [-0.4, -0.2) is 17.8 Å². The highest BCUT2D eigenvalue weighted by molar-refractivity contribution is 8.76. The van der Waals surface area contributed by atoms with Crippen LogP contribution < -0.4 is 4.74 Å². The van der Waals surface area contributed by atoms with Gasteiger partial charge in [0.05, 0.1) is 7.11 Å². The molecule has 0 amide bonds. The van der Waals surface area contributed by atoms with Gasteiger partial charge >= 0.3 is 0 Å². The Hall–Kier alpha value is -1.07. The molecule has 1 aromatic carbocycles. The van der Waals surface area contributed by atoms with E-state index in [0.29, 0.717) is 5.22 Å². The van der Waals surface area contributed by atoms with Crippen LogP contribution in [0.1, 0.15) is 0 Å². The minimum Gasteiger partial charge on any atom is -0.497 e. The molecule has 16 heavy (non-hydrogen) atoms. The molecule has 5 heteroatoms. The fraction of sp³-hybridized carbons (Fsp3) is 0.182. The fourth-order valence-electron chi connectivity index (χ4n) is 1.18. The van der Waals surface area contributed by atoms with Gasteiger partial charge in [-0.2, -0.15) is 0 Å². The number of ether oxygens (including phenoxy) is 1. The molecule has 0 fully saturated rings. The van der Waals surface area contributed by atoms with Gasteiger partial charge in [-0.05, 0) is 12.1 Å². The quantitative estimate of drug-likeness (QED) is 0.460. The molecule has 0 N–H and O–H groups in total. The Morgan fingerprint density at radius 2 is 2.44 bits per heavy atom. The molecule has 84 valence electrons. The minimum absolute atomic E-state index is 0.662. The van der Waals surface area contributed by atoms with Crippen LogP contribution in [0.5, 0.6) is 5.75 Å². The third-order valence-corrected chi connectivity index (χ3v) is 3.89. The molecule has 0 unspecified atom stereocenters. The number of oxazole rings is 1. The molecule has 1 aromatic heterocycles. The van der Waals surface area contributed by atoms with Crippen LogP contribution in [0, 0.1) is 0 Å². The number of hydrogen-bond donors (Lipinski definition) is 0. The Bertz CT molecular complexity index is 496. The van der Waals surface area contributed by atoms with Crippen molar-refractivity contribution >= 4 is 32.7 Å². The van der Waals surface area contributed by atoms with Crippen molar-refractivity contribution in [1.29, 1.82) is 0 Å². The van der Waals surface area contributed by atoms with Crippen LogP contribution in [0.15, 0.2) is 40.5 Å². The highest BCUT2D eigenvalue weighted by Gasteiger charge is 2.07. The van der Waals surface area contributed by atoms with Crippen molar-refractivity contribution in [1.82, 2.24) is 4.98 Å². The van der Waals surface area contributed by atoms with Gasteiger partial charge in [-0.1, -0.05) is 16.9 Å². The number of benzene rings is 1. The molecular weight excluding hydrogens is 242 g/mol. The molecular formula is C11H11NO2S2. The second-order valence-corrected chi connectivity index (χ2v) is 5.26. The third-order valence-electron chi connectivity index (χ3n) is 1.89. The summed E-state index contributed by atoms with van der Waals surface area (Å²) in [4.78, 5) is 4.35. The van der Waals surface area contributed by atoms with Crippen molar-refractivity contribution in [3.05, 3.63) is 30.9 Å². The van der Waals surface area contributed by atoms with Gasteiger partial charge in [-0.3, -0.25) is 0 Å². The lowest BCUT2D eigenvalue weighted by Crippen LogP contribution is -1.80. The third kappa shape index (κ3) is 2.54. The van der Waals surface area contributed by atoms with Crippen molar-refractivity contribution in [3.63, 3.8) is 0 Å². The monoisotopic (exact) mass is 253 g/mol. The van der Waals surface area contributed by atoms with Crippen molar-refractivity contribution in [2.75, 3.05) is 12.9 Å². The van der Waals surface area contributed by atoms with Crippen LogP contribution in [0.4, 0.5) is 0 Å². The first-order chi connectivity index (χ1) is 7.83. The summed E-state index contributed by atoms with van der Waals surface area (Å²) >= 11 is 0. The van der Waals surface area contributed by atoms with E-state index in [1.165, 1.54) is 10.8 Å². The van der Waals surface area contributed by atoms with E-state index in [9.17, 15) is 0 Å². The SMILES string of the molecule is C=CCSSc1nc2cc(OC)ccc2o1. The maximum absolute atomic E-state index is 5.56. The minimum atomic E-state index is 0.662. The number of nitrogens with zero attached hydrogens (tertiary/aromatic N) is 1. The van der Waals surface area contributed by atoms with Crippen molar-refractivity contribution in [2.24, 2.45) is 0 Å².